The molecule has 0 aliphatic rings. The van der Waals surface area contributed by atoms with Crippen LogP contribution in [0.3, 0.4) is 0 Å². The molecule has 0 aliphatic heterocycles. The fourth-order valence-corrected chi connectivity index (χ4v) is 1.64. The number of hydrogen-bond acceptors (Lipinski definition) is 4. The summed E-state index contributed by atoms with van der Waals surface area (Å²) in [4.78, 5) is 11.7. The average Bonchev–Trinajstić information content (AvgIpc) is 2.14. The van der Waals surface area contributed by atoms with E-state index in [1.807, 2.05) is 0 Å². The van der Waals surface area contributed by atoms with E-state index >= 15 is 0 Å². The zero-order valence-corrected chi connectivity index (χ0v) is 12.3. The van der Waals surface area contributed by atoms with Crippen molar-refractivity contribution in [2.24, 2.45) is 5.41 Å². The van der Waals surface area contributed by atoms with Crippen molar-refractivity contribution in [2.75, 3.05) is 5.32 Å². The van der Waals surface area contributed by atoms with E-state index < -0.39 is 0 Å². The molecule has 1 rings (SSSR count). The molecule has 96 valence electrons. The van der Waals surface area contributed by atoms with Gasteiger partial charge >= 0.3 is 0 Å². The molecule has 1 heterocycles. The predicted molar refractivity (Wildman–Crippen MR) is 71.6 cm³/mol. The monoisotopic (exact) mass is 276 g/mol. The molecule has 0 atom stereocenters. The van der Waals surface area contributed by atoms with E-state index in [0.717, 1.165) is 6.42 Å². The van der Waals surface area contributed by atoms with Gasteiger partial charge in [-0.1, -0.05) is 20.8 Å². The van der Waals surface area contributed by atoms with Crippen LogP contribution in [0.1, 0.15) is 41.0 Å². The van der Waals surface area contributed by atoms with Crippen LogP contribution in [0.25, 0.3) is 0 Å². The number of aromatic nitrogens is 3. The maximum Gasteiger partial charge on any atom is 0.228 e. The Morgan fingerprint density at radius 2 is 1.47 bits per heavy atom. The summed E-state index contributed by atoms with van der Waals surface area (Å²) in [5, 5.41) is 3.45. The number of halogens is 2. The zero-order chi connectivity index (χ0) is 13.3. The van der Waals surface area contributed by atoms with Crippen LogP contribution >= 0.6 is 23.2 Å². The van der Waals surface area contributed by atoms with Gasteiger partial charge in [0.25, 0.3) is 0 Å². The lowest BCUT2D eigenvalue weighted by atomic mass is 9.73. The first kappa shape index (κ1) is 14.5. The van der Waals surface area contributed by atoms with E-state index in [1.165, 1.54) is 0 Å². The summed E-state index contributed by atoms with van der Waals surface area (Å²) in [5.74, 6) is 0.404. The van der Waals surface area contributed by atoms with Gasteiger partial charge in [-0.05, 0) is 48.9 Å². The second-order valence-corrected chi connectivity index (χ2v) is 5.86. The molecule has 0 unspecified atom stereocenters. The molecule has 1 N–H and O–H groups in total. The standard InChI is InChI=1S/C11H18Cl2N4/c1-6-10(2,3)11(4,5)17-9-15-7(12)14-8(13)16-9/h6H2,1-5H3,(H,14,15,16,17). The van der Waals surface area contributed by atoms with Crippen LogP contribution in [0.2, 0.25) is 10.6 Å². The third kappa shape index (κ3) is 3.42. The van der Waals surface area contributed by atoms with Crippen molar-refractivity contribution in [3.63, 3.8) is 0 Å². The van der Waals surface area contributed by atoms with Crippen LogP contribution in [0.5, 0.6) is 0 Å². The highest BCUT2D eigenvalue weighted by Gasteiger charge is 2.36. The molecule has 4 nitrogen and oxygen atoms in total. The first-order valence-electron chi connectivity index (χ1n) is 5.53. The molecule has 1 aromatic rings. The quantitative estimate of drug-likeness (QED) is 0.909. The fraction of sp³-hybridized carbons (Fsp3) is 0.727. The Morgan fingerprint density at radius 1 is 1.00 bits per heavy atom. The van der Waals surface area contributed by atoms with Crippen molar-refractivity contribution in [1.82, 2.24) is 15.0 Å². The van der Waals surface area contributed by atoms with Crippen molar-refractivity contribution >= 4 is 29.2 Å². The van der Waals surface area contributed by atoms with Gasteiger partial charge in [0.15, 0.2) is 0 Å². The van der Waals surface area contributed by atoms with Crippen LogP contribution in [-0.4, -0.2) is 20.5 Å². The van der Waals surface area contributed by atoms with Crippen LogP contribution in [0, 0.1) is 5.41 Å². The van der Waals surface area contributed by atoms with Gasteiger partial charge in [-0.25, -0.2) is 0 Å². The van der Waals surface area contributed by atoms with Crippen LogP contribution in [-0.2, 0) is 0 Å². The van der Waals surface area contributed by atoms with Gasteiger partial charge < -0.3 is 5.32 Å². The minimum absolute atomic E-state index is 0.0819. The molecule has 0 radical (unpaired) electrons. The Balaban J connectivity index is 2.97. The summed E-state index contributed by atoms with van der Waals surface area (Å²) < 4.78 is 0. The van der Waals surface area contributed by atoms with Crippen molar-refractivity contribution in [3.8, 4) is 0 Å². The van der Waals surface area contributed by atoms with Gasteiger partial charge in [-0.15, -0.1) is 0 Å². The van der Waals surface area contributed by atoms with E-state index in [-0.39, 0.29) is 21.5 Å². The molecule has 1 aromatic heterocycles. The minimum Gasteiger partial charge on any atom is -0.349 e. The topological polar surface area (TPSA) is 50.7 Å². The normalized spacial score (nSPS) is 12.6. The third-order valence-electron chi connectivity index (χ3n) is 3.58. The van der Waals surface area contributed by atoms with E-state index in [2.05, 4.69) is 54.9 Å². The van der Waals surface area contributed by atoms with E-state index in [1.54, 1.807) is 0 Å². The fourth-order valence-electron chi connectivity index (χ4n) is 1.27. The van der Waals surface area contributed by atoms with Crippen molar-refractivity contribution in [2.45, 2.75) is 46.6 Å². The van der Waals surface area contributed by atoms with E-state index in [4.69, 9.17) is 23.2 Å². The molecule has 0 aromatic carbocycles. The maximum absolute atomic E-state index is 5.74. The highest BCUT2D eigenvalue weighted by molar-refractivity contribution is 6.31. The smallest absolute Gasteiger partial charge is 0.228 e. The summed E-state index contributed by atoms with van der Waals surface area (Å²) in [6.07, 6.45) is 1.03. The SMILES string of the molecule is CCC(C)(C)C(C)(C)Nc1nc(Cl)nc(Cl)n1. The number of anilines is 1. The lowest BCUT2D eigenvalue weighted by Crippen LogP contribution is -2.46. The molecule has 0 fully saturated rings. The summed E-state index contributed by atoms with van der Waals surface area (Å²) >= 11 is 11.5. The van der Waals surface area contributed by atoms with E-state index in [0.29, 0.717) is 5.95 Å². The minimum atomic E-state index is -0.185. The van der Waals surface area contributed by atoms with Crippen molar-refractivity contribution in [3.05, 3.63) is 10.6 Å². The number of nitrogens with zero attached hydrogens (tertiary/aromatic N) is 3. The Hall–Kier alpha value is -0.610. The first-order valence-corrected chi connectivity index (χ1v) is 6.29. The van der Waals surface area contributed by atoms with Gasteiger partial charge in [0.1, 0.15) is 0 Å². The number of hydrogen-bond donors (Lipinski definition) is 1. The van der Waals surface area contributed by atoms with Crippen molar-refractivity contribution < 1.29 is 0 Å². The molecule has 0 saturated carbocycles. The average molecular weight is 277 g/mol. The Morgan fingerprint density at radius 3 is 1.88 bits per heavy atom. The molecule has 0 amide bonds. The summed E-state index contributed by atoms with van der Waals surface area (Å²) in [6.45, 7) is 10.7. The van der Waals surface area contributed by atoms with Gasteiger partial charge in [0.05, 0.1) is 0 Å². The van der Waals surface area contributed by atoms with Gasteiger partial charge in [-0.3, -0.25) is 0 Å². The van der Waals surface area contributed by atoms with Gasteiger partial charge in [-0.2, -0.15) is 15.0 Å². The lowest BCUT2D eigenvalue weighted by Gasteiger charge is -2.41. The van der Waals surface area contributed by atoms with Crippen LogP contribution in [0.15, 0.2) is 0 Å². The molecule has 0 bridgehead atoms. The molecular weight excluding hydrogens is 259 g/mol. The van der Waals surface area contributed by atoms with Crippen LogP contribution < -0.4 is 5.32 Å². The maximum atomic E-state index is 5.74. The predicted octanol–water partition coefficient (Wildman–Crippen LogP) is 3.81. The zero-order valence-electron chi connectivity index (χ0n) is 10.8. The van der Waals surface area contributed by atoms with Gasteiger partial charge in [0.2, 0.25) is 16.5 Å². The highest BCUT2D eigenvalue weighted by Crippen LogP contribution is 2.35. The third-order valence-corrected chi connectivity index (χ3v) is 3.92. The Kier molecular flexibility index (Phi) is 4.20. The largest absolute Gasteiger partial charge is 0.349 e. The molecule has 6 heteroatoms. The van der Waals surface area contributed by atoms with E-state index in [9.17, 15) is 0 Å². The molecule has 17 heavy (non-hydrogen) atoms. The van der Waals surface area contributed by atoms with Crippen LogP contribution in [0.4, 0.5) is 5.95 Å². The lowest BCUT2D eigenvalue weighted by molar-refractivity contribution is 0.214. The van der Waals surface area contributed by atoms with Gasteiger partial charge in [0, 0.05) is 5.54 Å². The Bertz CT molecular complexity index is 384. The second kappa shape index (κ2) is 4.94. The molecule has 0 saturated heterocycles. The summed E-state index contributed by atoms with van der Waals surface area (Å²) in [7, 11) is 0. The Labute approximate surface area is 112 Å². The second-order valence-electron chi connectivity index (χ2n) is 5.18. The molecule has 0 aliphatic carbocycles. The molecule has 0 spiro atoms. The highest BCUT2D eigenvalue weighted by atomic mass is 35.5. The number of rotatable bonds is 4. The summed E-state index contributed by atoms with van der Waals surface area (Å²) in [6, 6.07) is 0. The molecular formula is C11H18Cl2N4. The first-order chi connectivity index (χ1) is 7.68. The number of nitrogens with one attached hydrogen (secondary N) is 1. The van der Waals surface area contributed by atoms with Crippen molar-refractivity contribution in [1.29, 1.82) is 0 Å². The summed E-state index contributed by atoms with van der Waals surface area (Å²) in [5.41, 5.74) is -0.103.